The lowest BCUT2D eigenvalue weighted by Crippen LogP contribution is -2.00. The minimum Gasteiger partial charge on any atom is -0.478 e. The predicted molar refractivity (Wildman–Crippen MR) is 79.2 cm³/mol. The van der Waals surface area contributed by atoms with Crippen molar-refractivity contribution in [2.24, 2.45) is 0 Å². The van der Waals surface area contributed by atoms with E-state index in [1.165, 1.54) is 0 Å². The van der Waals surface area contributed by atoms with E-state index in [9.17, 15) is 0 Å². The molecule has 1 aromatic carbocycles. The molecule has 0 aliphatic heterocycles. The minimum atomic E-state index is 0.561. The number of aromatic nitrogens is 1. The molecule has 0 spiro atoms. The van der Waals surface area contributed by atoms with Crippen molar-refractivity contribution < 1.29 is 4.74 Å². The molecule has 0 saturated heterocycles. The van der Waals surface area contributed by atoms with Gasteiger partial charge in [-0.1, -0.05) is 29.3 Å². The van der Waals surface area contributed by atoms with Gasteiger partial charge in [0.2, 0.25) is 5.88 Å². The van der Waals surface area contributed by atoms with Gasteiger partial charge in [0.25, 0.3) is 0 Å². The van der Waals surface area contributed by atoms with Crippen molar-refractivity contribution in [2.75, 3.05) is 11.9 Å². The first-order valence-corrected chi connectivity index (χ1v) is 6.71. The molecule has 1 aromatic heterocycles. The fourth-order valence-electron chi connectivity index (χ4n) is 1.57. The molecule has 0 atom stereocenters. The molecule has 0 bridgehead atoms. The molecule has 2 rings (SSSR count). The number of pyridine rings is 1. The van der Waals surface area contributed by atoms with Crippen LogP contribution in [0.15, 0.2) is 36.5 Å². The molecule has 5 heteroatoms. The normalized spacial score (nSPS) is 10.3. The Kier molecular flexibility index (Phi) is 4.88. The van der Waals surface area contributed by atoms with Crippen LogP contribution in [0.4, 0.5) is 5.69 Å². The zero-order chi connectivity index (χ0) is 13.7. The van der Waals surface area contributed by atoms with Crippen LogP contribution in [0, 0.1) is 0 Å². The van der Waals surface area contributed by atoms with Crippen LogP contribution >= 0.6 is 23.2 Å². The molecule has 0 unspecified atom stereocenters. The summed E-state index contributed by atoms with van der Waals surface area (Å²) in [5.41, 5.74) is 1.98. The molecule has 0 fully saturated rings. The van der Waals surface area contributed by atoms with E-state index < -0.39 is 0 Å². The topological polar surface area (TPSA) is 34.1 Å². The van der Waals surface area contributed by atoms with Gasteiger partial charge in [-0.05, 0) is 30.7 Å². The highest BCUT2D eigenvalue weighted by Gasteiger charge is 2.00. The number of halogens is 2. The lowest BCUT2D eigenvalue weighted by Gasteiger charge is -2.08. The van der Waals surface area contributed by atoms with Gasteiger partial charge >= 0.3 is 0 Å². The average Bonchev–Trinajstić information content (AvgIpc) is 2.42. The number of hydrogen-bond acceptors (Lipinski definition) is 3. The smallest absolute Gasteiger partial charge is 0.213 e. The van der Waals surface area contributed by atoms with Gasteiger partial charge in [-0.3, -0.25) is 0 Å². The molecule has 3 nitrogen and oxygen atoms in total. The Bertz CT molecular complexity index is 544. The molecule has 100 valence electrons. The highest BCUT2D eigenvalue weighted by Crippen LogP contribution is 2.23. The standard InChI is InChI=1S/C14H14Cl2N2O/c1-2-19-14-6-4-11(9-18-14)17-8-10-3-5-12(15)13(16)7-10/h3-7,9,17H,2,8H2,1H3. The van der Waals surface area contributed by atoms with Crippen LogP contribution < -0.4 is 10.1 Å². The molecule has 0 aliphatic carbocycles. The van der Waals surface area contributed by atoms with Gasteiger partial charge in [0.05, 0.1) is 28.5 Å². The summed E-state index contributed by atoms with van der Waals surface area (Å²) in [6, 6.07) is 9.33. The summed E-state index contributed by atoms with van der Waals surface area (Å²) in [6.45, 7) is 3.20. The van der Waals surface area contributed by atoms with Crippen molar-refractivity contribution in [3.8, 4) is 5.88 Å². The minimum absolute atomic E-state index is 0.561. The van der Waals surface area contributed by atoms with E-state index in [1.54, 1.807) is 12.3 Å². The highest BCUT2D eigenvalue weighted by atomic mass is 35.5. The summed E-state index contributed by atoms with van der Waals surface area (Å²) in [5, 5.41) is 4.38. The van der Waals surface area contributed by atoms with Gasteiger partial charge < -0.3 is 10.1 Å². The molecule has 2 aromatic rings. The molecule has 1 heterocycles. The van der Waals surface area contributed by atoms with Crippen molar-refractivity contribution in [1.29, 1.82) is 0 Å². The van der Waals surface area contributed by atoms with Gasteiger partial charge in [-0.25, -0.2) is 4.98 Å². The predicted octanol–water partition coefficient (Wildman–Crippen LogP) is 4.40. The summed E-state index contributed by atoms with van der Waals surface area (Å²) in [4.78, 5) is 4.18. The van der Waals surface area contributed by atoms with Crippen LogP contribution in [-0.2, 0) is 6.54 Å². The summed E-state index contributed by atoms with van der Waals surface area (Å²) in [5.74, 6) is 0.627. The molecule has 0 aliphatic rings. The molecule has 1 N–H and O–H groups in total. The van der Waals surface area contributed by atoms with Crippen molar-refractivity contribution >= 4 is 28.9 Å². The summed E-state index contributed by atoms with van der Waals surface area (Å²) in [7, 11) is 0. The third-order valence-corrected chi connectivity index (χ3v) is 3.25. The molecular weight excluding hydrogens is 283 g/mol. The molecule has 0 radical (unpaired) electrons. The van der Waals surface area contributed by atoms with Crippen LogP contribution in [0.5, 0.6) is 5.88 Å². The summed E-state index contributed by atoms with van der Waals surface area (Å²) >= 11 is 11.8. The van der Waals surface area contributed by atoms with Gasteiger partial charge in [0.15, 0.2) is 0 Å². The van der Waals surface area contributed by atoms with Gasteiger partial charge in [0, 0.05) is 12.6 Å². The average molecular weight is 297 g/mol. The van der Waals surface area contributed by atoms with Crippen LogP contribution in [0.2, 0.25) is 10.0 Å². The number of ether oxygens (including phenoxy) is 1. The lowest BCUT2D eigenvalue weighted by molar-refractivity contribution is 0.327. The van der Waals surface area contributed by atoms with E-state index in [4.69, 9.17) is 27.9 Å². The van der Waals surface area contributed by atoms with E-state index in [-0.39, 0.29) is 0 Å². The van der Waals surface area contributed by atoms with Crippen molar-refractivity contribution in [2.45, 2.75) is 13.5 Å². The largest absolute Gasteiger partial charge is 0.478 e. The van der Waals surface area contributed by atoms with Crippen LogP contribution in [0.25, 0.3) is 0 Å². The maximum Gasteiger partial charge on any atom is 0.213 e. The number of hydrogen-bond donors (Lipinski definition) is 1. The highest BCUT2D eigenvalue weighted by molar-refractivity contribution is 6.42. The van der Waals surface area contributed by atoms with E-state index in [0.717, 1.165) is 11.3 Å². The Morgan fingerprint density at radius 2 is 2.00 bits per heavy atom. The van der Waals surface area contributed by atoms with Crippen LogP contribution in [0.1, 0.15) is 12.5 Å². The summed E-state index contributed by atoms with van der Waals surface area (Å²) < 4.78 is 5.28. The Morgan fingerprint density at radius 1 is 1.16 bits per heavy atom. The van der Waals surface area contributed by atoms with E-state index in [1.807, 2.05) is 31.2 Å². The number of nitrogens with one attached hydrogen (secondary N) is 1. The van der Waals surface area contributed by atoms with Crippen LogP contribution in [-0.4, -0.2) is 11.6 Å². The Balaban J connectivity index is 1.96. The first kappa shape index (κ1) is 14.0. The molecular formula is C14H14Cl2N2O. The van der Waals surface area contributed by atoms with Gasteiger partial charge in [0.1, 0.15) is 0 Å². The zero-order valence-electron chi connectivity index (χ0n) is 10.5. The maximum atomic E-state index is 5.96. The maximum absolute atomic E-state index is 5.96. The second-order valence-corrected chi connectivity index (χ2v) is 4.73. The van der Waals surface area contributed by atoms with E-state index in [2.05, 4.69) is 10.3 Å². The van der Waals surface area contributed by atoms with Crippen molar-refractivity contribution in [1.82, 2.24) is 4.98 Å². The Morgan fingerprint density at radius 3 is 2.63 bits per heavy atom. The fraction of sp³-hybridized carbons (Fsp3) is 0.214. The zero-order valence-corrected chi connectivity index (χ0v) is 12.0. The Labute approximate surface area is 122 Å². The first-order valence-electron chi connectivity index (χ1n) is 5.95. The Hall–Kier alpha value is -1.45. The van der Waals surface area contributed by atoms with Gasteiger partial charge in [-0.2, -0.15) is 0 Å². The fourth-order valence-corrected chi connectivity index (χ4v) is 1.89. The molecule has 0 saturated carbocycles. The number of nitrogens with zero attached hydrogens (tertiary/aromatic N) is 1. The molecule has 19 heavy (non-hydrogen) atoms. The lowest BCUT2D eigenvalue weighted by atomic mass is 10.2. The number of rotatable bonds is 5. The second kappa shape index (κ2) is 6.64. The van der Waals surface area contributed by atoms with Crippen molar-refractivity contribution in [3.63, 3.8) is 0 Å². The third kappa shape index (κ3) is 4.01. The first-order chi connectivity index (χ1) is 9.19. The monoisotopic (exact) mass is 296 g/mol. The molecule has 0 amide bonds. The van der Waals surface area contributed by atoms with Gasteiger partial charge in [-0.15, -0.1) is 0 Å². The van der Waals surface area contributed by atoms with Crippen LogP contribution in [0.3, 0.4) is 0 Å². The van der Waals surface area contributed by atoms with Crippen molar-refractivity contribution in [3.05, 3.63) is 52.1 Å². The second-order valence-electron chi connectivity index (χ2n) is 3.92. The number of anilines is 1. The summed E-state index contributed by atoms with van der Waals surface area (Å²) in [6.07, 6.45) is 1.74. The SMILES string of the molecule is CCOc1ccc(NCc2ccc(Cl)c(Cl)c2)cn1. The van der Waals surface area contributed by atoms with E-state index >= 15 is 0 Å². The van der Waals surface area contributed by atoms with E-state index in [0.29, 0.717) is 29.1 Å². The third-order valence-electron chi connectivity index (χ3n) is 2.51. The number of benzene rings is 1. The quantitative estimate of drug-likeness (QED) is 0.888.